The van der Waals surface area contributed by atoms with Crippen LogP contribution in [0.1, 0.15) is 10.4 Å². The van der Waals surface area contributed by atoms with Gasteiger partial charge in [0.25, 0.3) is 0 Å². The molecule has 3 aromatic carbocycles. The first-order valence-corrected chi connectivity index (χ1v) is 7.27. The molecule has 0 heterocycles. The molecule has 0 saturated carbocycles. The zero-order chi connectivity index (χ0) is 16.2. The molecule has 0 radical (unpaired) electrons. The second-order valence-electron chi connectivity index (χ2n) is 5.14. The Morgan fingerprint density at radius 1 is 0.826 bits per heavy atom. The van der Waals surface area contributed by atoms with Gasteiger partial charge in [0.15, 0.2) is 0 Å². The molecule has 0 spiro atoms. The number of carbonyl (C=O) groups is 1. The lowest BCUT2D eigenvalue weighted by Gasteiger charge is -2.14. The average molecular weight is 304 g/mol. The second kappa shape index (κ2) is 6.36. The number of ether oxygens (including phenoxy) is 1. The van der Waals surface area contributed by atoms with E-state index in [1.165, 1.54) is 7.11 Å². The third-order valence-electron chi connectivity index (χ3n) is 3.72. The molecule has 0 aliphatic rings. The number of hydrogen-bond donors (Lipinski definition) is 1. The van der Waals surface area contributed by atoms with Crippen molar-refractivity contribution in [3.05, 3.63) is 78.4 Å². The zero-order valence-electron chi connectivity index (χ0n) is 12.7. The normalized spacial score (nSPS) is 10.3. The second-order valence-corrected chi connectivity index (χ2v) is 5.14. The maximum atomic E-state index is 11.7. The molecule has 3 rings (SSSR count). The van der Waals surface area contributed by atoms with Gasteiger partial charge in [0, 0.05) is 5.56 Å². The molecule has 23 heavy (non-hydrogen) atoms. The number of benzene rings is 3. The molecule has 0 saturated heterocycles. The molecule has 0 unspecified atom stereocenters. The molecule has 0 amide bonds. The van der Waals surface area contributed by atoms with Gasteiger partial charge in [-0.25, -0.2) is 4.79 Å². The maximum Gasteiger partial charge on any atom is 0.339 e. The maximum absolute atomic E-state index is 11.7. The van der Waals surface area contributed by atoms with Crippen LogP contribution in [0.3, 0.4) is 0 Å². The minimum Gasteiger partial charge on any atom is -0.495 e. The predicted molar refractivity (Wildman–Crippen MR) is 90.8 cm³/mol. The quantitative estimate of drug-likeness (QED) is 0.758. The Balaban J connectivity index is 2.29. The molecule has 0 bridgehead atoms. The molecule has 0 aliphatic heterocycles. The van der Waals surface area contributed by atoms with Crippen LogP contribution in [-0.2, 0) is 0 Å². The molecular weight excluding hydrogens is 288 g/mol. The van der Waals surface area contributed by atoms with Gasteiger partial charge in [-0.1, -0.05) is 60.7 Å². The molecule has 1 N–H and O–H groups in total. The number of carboxylic acids is 1. The van der Waals surface area contributed by atoms with Crippen molar-refractivity contribution < 1.29 is 14.6 Å². The predicted octanol–water partition coefficient (Wildman–Crippen LogP) is 4.73. The molecule has 3 aromatic rings. The average Bonchev–Trinajstić information content (AvgIpc) is 2.62. The van der Waals surface area contributed by atoms with Gasteiger partial charge >= 0.3 is 5.97 Å². The Labute approximate surface area is 134 Å². The van der Waals surface area contributed by atoms with E-state index in [0.717, 1.165) is 22.3 Å². The topological polar surface area (TPSA) is 46.5 Å². The van der Waals surface area contributed by atoms with Crippen molar-refractivity contribution in [1.82, 2.24) is 0 Å². The van der Waals surface area contributed by atoms with Crippen molar-refractivity contribution in [3.63, 3.8) is 0 Å². The van der Waals surface area contributed by atoms with E-state index in [9.17, 15) is 9.90 Å². The number of aromatic carboxylic acids is 1. The fourth-order valence-electron chi connectivity index (χ4n) is 2.64. The van der Waals surface area contributed by atoms with Crippen LogP contribution in [0.5, 0.6) is 5.75 Å². The number of carboxylic acid groups (broad SMARTS) is 1. The van der Waals surface area contributed by atoms with Crippen LogP contribution in [0, 0.1) is 0 Å². The van der Waals surface area contributed by atoms with E-state index in [-0.39, 0.29) is 5.56 Å². The Bertz CT molecular complexity index is 824. The molecule has 3 heteroatoms. The Hall–Kier alpha value is -3.07. The van der Waals surface area contributed by atoms with E-state index in [2.05, 4.69) is 0 Å². The summed E-state index contributed by atoms with van der Waals surface area (Å²) in [5.41, 5.74) is 3.67. The van der Waals surface area contributed by atoms with Crippen molar-refractivity contribution in [2.24, 2.45) is 0 Å². The summed E-state index contributed by atoms with van der Waals surface area (Å²) in [6.07, 6.45) is 0. The van der Waals surface area contributed by atoms with Gasteiger partial charge < -0.3 is 9.84 Å². The number of rotatable bonds is 4. The minimum atomic E-state index is -1.00. The van der Waals surface area contributed by atoms with Crippen LogP contribution in [-0.4, -0.2) is 18.2 Å². The molecule has 0 fully saturated rings. The van der Waals surface area contributed by atoms with E-state index in [4.69, 9.17) is 4.74 Å². The van der Waals surface area contributed by atoms with Crippen molar-refractivity contribution >= 4 is 5.97 Å². The molecule has 114 valence electrons. The first-order valence-electron chi connectivity index (χ1n) is 7.27. The first kappa shape index (κ1) is 14.9. The molecule has 0 aromatic heterocycles. The Kier molecular flexibility index (Phi) is 4.11. The van der Waals surface area contributed by atoms with Crippen molar-refractivity contribution in [3.8, 4) is 28.0 Å². The van der Waals surface area contributed by atoms with Gasteiger partial charge in [-0.15, -0.1) is 0 Å². The van der Waals surface area contributed by atoms with E-state index < -0.39 is 5.97 Å². The van der Waals surface area contributed by atoms with Gasteiger partial charge in [-0.2, -0.15) is 0 Å². The highest BCUT2D eigenvalue weighted by Gasteiger charge is 2.18. The summed E-state index contributed by atoms with van der Waals surface area (Å²) < 4.78 is 5.40. The SMILES string of the molecule is COc1c(C(=O)O)cc(-c2ccccc2)cc1-c1ccccc1. The summed E-state index contributed by atoms with van der Waals surface area (Å²) in [6.45, 7) is 0. The van der Waals surface area contributed by atoms with Crippen molar-refractivity contribution in [1.29, 1.82) is 0 Å². The lowest BCUT2D eigenvalue weighted by molar-refractivity contribution is 0.0693. The summed E-state index contributed by atoms with van der Waals surface area (Å²) in [6, 6.07) is 23.0. The van der Waals surface area contributed by atoms with Gasteiger partial charge in [-0.05, 0) is 28.8 Å². The van der Waals surface area contributed by atoms with Crippen LogP contribution in [0.4, 0.5) is 0 Å². The van der Waals surface area contributed by atoms with Gasteiger partial charge in [0.1, 0.15) is 11.3 Å². The summed E-state index contributed by atoms with van der Waals surface area (Å²) in [7, 11) is 1.50. The summed E-state index contributed by atoms with van der Waals surface area (Å²) >= 11 is 0. The smallest absolute Gasteiger partial charge is 0.339 e. The van der Waals surface area contributed by atoms with E-state index >= 15 is 0 Å². The standard InChI is InChI=1S/C20H16O3/c1-23-19-17(15-10-6-3-7-11-15)12-16(13-18(19)20(21)22)14-8-4-2-5-9-14/h2-13H,1H3,(H,21,22). The highest BCUT2D eigenvalue weighted by molar-refractivity contribution is 5.97. The van der Waals surface area contributed by atoms with Crippen LogP contribution in [0.15, 0.2) is 72.8 Å². The van der Waals surface area contributed by atoms with E-state index in [1.54, 1.807) is 6.07 Å². The fraction of sp³-hybridized carbons (Fsp3) is 0.0500. The lowest BCUT2D eigenvalue weighted by Crippen LogP contribution is -2.03. The minimum absolute atomic E-state index is 0.160. The van der Waals surface area contributed by atoms with Crippen LogP contribution >= 0.6 is 0 Å². The van der Waals surface area contributed by atoms with Gasteiger partial charge in [0.05, 0.1) is 7.11 Å². The van der Waals surface area contributed by atoms with Crippen LogP contribution in [0.25, 0.3) is 22.3 Å². The molecular formula is C20H16O3. The van der Waals surface area contributed by atoms with E-state index in [1.807, 2.05) is 66.7 Å². The van der Waals surface area contributed by atoms with Crippen molar-refractivity contribution in [2.75, 3.05) is 7.11 Å². The molecule has 0 atom stereocenters. The fourth-order valence-corrected chi connectivity index (χ4v) is 2.64. The summed E-state index contributed by atoms with van der Waals surface area (Å²) in [5, 5.41) is 9.56. The lowest BCUT2D eigenvalue weighted by atomic mass is 9.95. The highest BCUT2D eigenvalue weighted by atomic mass is 16.5. The molecule has 0 aliphatic carbocycles. The third kappa shape index (κ3) is 2.94. The largest absolute Gasteiger partial charge is 0.495 e. The number of methoxy groups -OCH3 is 1. The van der Waals surface area contributed by atoms with Crippen molar-refractivity contribution in [2.45, 2.75) is 0 Å². The molecule has 3 nitrogen and oxygen atoms in total. The van der Waals surface area contributed by atoms with Crippen LogP contribution < -0.4 is 4.74 Å². The summed E-state index contributed by atoms with van der Waals surface area (Å²) in [5.74, 6) is -0.625. The summed E-state index contributed by atoms with van der Waals surface area (Å²) in [4.78, 5) is 11.7. The van der Waals surface area contributed by atoms with E-state index in [0.29, 0.717) is 5.75 Å². The monoisotopic (exact) mass is 304 g/mol. The Morgan fingerprint density at radius 2 is 1.39 bits per heavy atom. The first-order chi connectivity index (χ1) is 11.2. The Morgan fingerprint density at radius 3 is 1.91 bits per heavy atom. The third-order valence-corrected chi connectivity index (χ3v) is 3.72. The highest BCUT2D eigenvalue weighted by Crippen LogP contribution is 2.37. The van der Waals surface area contributed by atoms with Gasteiger partial charge in [-0.3, -0.25) is 0 Å². The number of hydrogen-bond acceptors (Lipinski definition) is 2. The van der Waals surface area contributed by atoms with Crippen LogP contribution in [0.2, 0.25) is 0 Å². The van der Waals surface area contributed by atoms with Gasteiger partial charge in [0.2, 0.25) is 0 Å². The zero-order valence-corrected chi connectivity index (χ0v) is 12.7.